The van der Waals surface area contributed by atoms with Crippen molar-refractivity contribution in [3.63, 3.8) is 0 Å². The number of aliphatic hydroxyl groups excluding tert-OH is 1. The van der Waals surface area contributed by atoms with E-state index in [-0.39, 0.29) is 12.0 Å². The molecule has 3 rings (SSSR count). The van der Waals surface area contributed by atoms with E-state index in [4.69, 9.17) is 11.6 Å². The number of carbonyl (C=O) groups excluding carboxylic acids is 1. The Morgan fingerprint density at radius 3 is 2.78 bits per heavy atom. The van der Waals surface area contributed by atoms with Crippen LogP contribution in [0.3, 0.4) is 0 Å². The van der Waals surface area contributed by atoms with Gasteiger partial charge in [0.2, 0.25) is 5.91 Å². The summed E-state index contributed by atoms with van der Waals surface area (Å²) in [6, 6.07) is 4.36. The van der Waals surface area contributed by atoms with Crippen molar-refractivity contribution in [3.05, 3.63) is 28.3 Å². The molecule has 1 saturated heterocycles. The van der Waals surface area contributed by atoms with Crippen molar-refractivity contribution >= 4 is 23.2 Å². The Balaban J connectivity index is 1.63. The molecule has 5 nitrogen and oxygen atoms in total. The lowest BCUT2D eigenvalue weighted by Crippen LogP contribution is -2.48. The highest BCUT2D eigenvalue weighted by atomic mass is 35.5. The van der Waals surface area contributed by atoms with Gasteiger partial charge in [-0.1, -0.05) is 11.6 Å². The normalized spacial score (nSPS) is 26.7. The molecule has 1 atom stereocenters. The number of rotatable bonds is 5. The van der Waals surface area contributed by atoms with Gasteiger partial charge in [0.25, 0.3) is 0 Å². The minimum Gasteiger partial charge on any atom is -0.393 e. The lowest BCUT2D eigenvalue weighted by atomic mass is 9.85. The van der Waals surface area contributed by atoms with Crippen LogP contribution in [0.4, 0.5) is 5.69 Å². The fourth-order valence-corrected chi connectivity index (χ4v) is 4.48. The molecule has 1 saturated carbocycles. The summed E-state index contributed by atoms with van der Waals surface area (Å²) in [4.78, 5) is 15.0. The van der Waals surface area contributed by atoms with Gasteiger partial charge in [-0.2, -0.15) is 0 Å². The van der Waals surface area contributed by atoms with Crippen molar-refractivity contribution in [2.24, 2.45) is 5.92 Å². The highest BCUT2D eigenvalue weighted by molar-refractivity contribution is 6.31. The van der Waals surface area contributed by atoms with Crippen molar-refractivity contribution in [1.82, 2.24) is 10.2 Å². The molecule has 0 aromatic heterocycles. The molecule has 1 amide bonds. The summed E-state index contributed by atoms with van der Waals surface area (Å²) < 4.78 is 0. The Labute approximate surface area is 167 Å². The van der Waals surface area contributed by atoms with Gasteiger partial charge in [0.1, 0.15) is 0 Å². The predicted molar refractivity (Wildman–Crippen MR) is 110 cm³/mol. The summed E-state index contributed by atoms with van der Waals surface area (Å²) in [6.45, 7) is 8.14. The van der Waals surface area contributed by atoms with E-state index in [9.17, 15) is 9.90 Å². The molecule has 27 heavy (non-hydrogen) atoms. The third-order valence-corrected chi connectivity index (χ3v) is 6.11. The van der Waals surface area contributed by atoms with Gasteiger partial charge < -0.3 is 15.7 Å². The zero-order chi connectivity index (χ0) is 19.4. The van der Waals surface area contributed by atoms with Crippen LogP contribution in [0, 0.1) is 12.8 Å². The van der Waals surface area contributed by atoms with Gasteiger partial charge in [-0.3, -0.25) is 9.69 Å². The molecule has 1 aromatic carbocycles. The highest BCUT2D eigenvalue weighted by Gasteiger charge is 2.22. The summed E-state index contributed by atoms with van der Waals surface area (Å²) in [7, 11) is 0. The fraction of sp³-hybridized carbons (Fsp3) is 0.667. The van der Waals surface area contributed by atoms with Crippen molar-refractivity contribution in [1.29, 1.82) is 0 Å². The van der Waals surface area contributed by atoms with Crippen LogP contribution in [-0.4, -0.2) is 47.7 Å². The van der Waals surface area contributed by atoms with Crippen LogP contribution in [0.2, 0.25) is 5.02 Å². The number of anilines is 1. The van der Waals surface area contributed by atoms with E-state index in [1.807, 2.05) is 12.1 Å². The molecule has 0 spiro atoms. The zero-order valence-electron chi connectivity index (χ0n) is 16.4. The molecule has 1 unspecified atom stereocenters. The summed E-state index contributed by atoms with van der Waals surface area (Å²) >= 11 is 6.35. The second kappa shape index (κ2) is 9.37. The molecule has 0 bridgehead atoms. The van der Waals surface area contributed by atoms with Crippen molar-refractivity contribution in [3.8, 4) is 0 Å². The Kier molecular flexibility index (Phi) is 7.15. The first kappa shape index (κ1) is 20.6. The summed E-state index contributed by atoms with van der Waals surface area (Å²) in [5, 5.41) is 16.8. The second-order valence-electron chi connectivity index (χ2n) is 8.25. The smallest absolute Gasteiger partial charge is 0.224 e. The van der Waals surface area contributed by atoms with E-state index in [0.717, 1.165) is 63.1 Å². The third-order valence-electron chi connectivity index (χ3n) is 5.89. The number of benzene rings is 1. The van der Waals surface area contributed by atoms with Crippen molar-refractivity contribution in [2.75, 3.05) is 25.0 Å². The van der Waals surface area contributed by atoms with Crippen LogP contribution >= 0.6 is 11.6 Å². The molecular weight excluding hydrogens is 362 g/mol. The molecule has 2 fully saturated rings. The van der Waals surface area contributed by atoms with Crippen LogP contribution in [0.25, 0.3) is 0 Å². The van der Waals surface area contributed by atoms with Gasteiger partial charge in [0, 0.05) is 49.4 Å². The minimum atomic E-state index is -0.185. The molecule has 0 radical (unpaired) electrons. The Hall–Kier alpha value is -1.14. The summed E-state index contributed by atoms with van der Waals surface area (Å²) in [5.74, 6) is 0.415. The molecular formula is C21H32ClN3O2. The molecule has 2 aliphatic rings. The SMILES string of the molecule is Cc1c(CN2CCNC(C)C2)cc(Cl)cc1NC(=O)CC1CCC(O)CC1. The Bertz CT molecular complexity index is 659. The molecule has 1 aromatic rings. The highest BCUT2D eigenvalue weighted by Crippen LogP contribution is 2.29. The first-order chi connectivity index (χ1) is 12.9. The number of piperazine rings is 1. The maximum atomic E-state index is 12.5. The second-order valence-corrected chi connectivity index (χ2v) is 8.69. The molecule has 1 aliphatic heterocycles. The van der Waals surface area contributed by atoms with Gasteiger partial charge in [-0.05, 0) is 68.7 Å². The van der Waals surface area contributed by atoms with Gasteiger partial charge in [-0.15, -0.1) is 0 Å². The molecule has 3 N–H and O–H groups in total. The van der Waals surface area contributed by atoms with E-state index >= 15 is 0 Å². The maximum absolute atomic E-state index is 12.5. The lowest BCUT2D eigenvalue weighted by molar-refractivity contribution is -0.117. The minimum absolute atomic E-state index is 0.0449. The third kappa shape index (κ3) is 5.92. The van der Waals surface area contributed by atoms with E-state index in [1.54, 1.807) is 0 Å². The standard InChI is InChI=1S/C21H32ClN3O2/c1-14-12-25(8-7-23-14)13-17-10-18(22)11-20(15(17)2)24-21(27)9-16-3-5-19(26)6-4-16/h10-11,14,16,19,23,26H,3-9,12-13H2,1-2H3,(H,24,27). The van der Waals surface area contributed by atoms with E-state index < -0.39 is 0 Å². The van der Waals surface area contributed by atoms with Crippen molar-refractivity contribution < 1.29 is 9.90 Å². The van der Waals surface area contributed by atoms with Crippen LogP contribution in [0.5, 0.6) is 0 Å². The quantitative estimate of drug-likeness (QED) is 0.718. The zero-order valence-corrected chi connectivity index (χ0v) is 17.2. The average Bonchev–Trinajstić information content (AvgIpc) is 2.61. The van der Waals surface area contributed by atoms with Gasteiger partial charge in [0.15, 0.2) is 0 Å². The molecule has 150 valence electrons. The van der Waals surface area contributed by atoms with E-state index in [1.165, 1.54) is 5.56 Å². The van der Waals surface area contributed by atoms with E-state index in [0.29, 0.717) is 23.4 Å². The van der Waals surface area contributed by atoms with Gasteiger partial charge >= 0.3 is 0 Å². The van der Waals surface area contributed by atoms with Gasteiger partial charge in [0.05, 0.1) is 6.10 Å². The number of hydrogen-bond donors (Lipinski definition) is 3. The number of nitrogens with zero attached hydrogens (tertiary/aromatic N) is 1. The van der Waals surface area contributed by atoms with E-state index in [2.05, 4.69) is 29.4 Å². The van der Waals surface area contributed by atoms with Gasteiger partial charge in [-0.25, -0.2) is 0 Å². The Morgan fingerprint density at radius 2 is 2.07 bits per heavy atom. The maximum Gasteiger partial charge on any atom is 0.224 e. The number of hydrogen-bond acceptors (Lipinski definition) is 4. The van der Waals surface area contributed by atoms with Crippen LogP contribution in [-0.2, 0) is 11.3 Å². The summed E-state index contributed by atoms with van der Waals surface area (Å²) in [5.41, 5.74) is 3.09. The lowest BCUT2D eigenvalue weighted by Gasteiger charge is -2.32. The first-order valence-corrected chi connectivity index (χ1v) is 10.5. The predicted octanol–water partition coefficient (Wildman–Crippen LogP) is 3.32. The number of halogens is 1. The van der Waals surface area contributed by atoms with Crippen molar-refractivity contribution in [2.45, 2.75) is 64.6 Å². The fourth-order valence-electron chi connectivity index (χ4n) is 4.24. The summed E-state index contributed by atoms with van der Waals surface area (Å²) in [6.07, 6.45) is 3.80. The largest absolute Gasteiger partial charge is 0.393 e. The monoisotopic (exact) mass is 393 g/mol. The number of carbonyl (C=O) groups is 1. The van der Waals surface area contributed by atoms with Crippen LogP contribution in [0.15, 0.2) is 12.1 Å². The number of amides is 1. The molecule has 1 heterocycles. The number of aliphatic hydroxyl groups is 1. The van der Waals surface area contributed by atoms with Crippen LogP contribution < -0.4 is 10.6 Å². The molecule has 6 heteroatoms. The molecule has 1 aliphatic carbocycles. The Morgan fingerprint density at radius 1 is 1.33 bits per heavy atom. The van der Waals surface area contributed by atoms with Crippen LogP contribution in [0.1, 0.15) is 50.2 Å². The topological polar surface area (TPSA) is 64.6 Å². The average molecular weight is 394 g/mol. The number of nitrogens with one attached hydrogen (secondary N) is 2. The first-order valence-electron chi connectivity index (χ1n) is 10.1.